The van der Waals surface area contributed by atoms with Gasteiger partial charge in [-0.05, 0) is 45.8 Å². The Morgan fingerprint density at radius 2 is 1.96 bits per heavy atom. The van der Waals surface area contributed by atoms with Crippen molar-refractivity contribution in [3.63, 3.8) is 0 Å². The van der Waals surface area contributed by atoms with E-state index in [2.05, 4.69) is 20.9 Å². The Kier molecular flexibility index (Phi) is 2.97. The van der Waals surface area contributed by atoms with Crippen LogP contribution in [-0.4, -0.2) is 15.9 Å². The molecule has 116 valence electrons. The third kappa shape index (κ3) is 1.91. The molecule has 0 saturated carbocycles. The van der Waals surface area contributed by atoms with E-state index in [1.165, 1.54) is 0 Å². The first-order valence-electron chi connectivity index (χ1n) is 7.20. The Balaban J connectivity index is 2.12. The Morgan fingerprint density at radius 3 is 2.70 bits per heavy atom. The summed E-state index contributed by atoms with van der Waals surface area (Å²) in [7, 11) is 0. The van der Waals surface area contributed by atoms with Crippen LogP contribution in [0.4, 0.5) is 0 Å². The van der Waals surface area contributed by atoms with E-state index in [0.717, 1.165) is 22.2 Å². The van der Waals surface area contributed by atoms with Gasteiger partial charge in [-0.25, -0.2) is 0 Å². The first-order valence-corrected chi connectivity index (χ1v) is 8.37. The number of H-pyrrole nitrogens is 1. The van der Waals surface area contributed by atoms with E-state index in [-0.39, 0.29) is 11.5 Å². The zero-order valence-corrected chi connectivity index (χ0v) is 14.8. The number of phenolic OH excluding ortho intramolecular Hbond substituents is 1. The van der Waals surface area contributed by atoms with Crippen molar-refractivity contribution >= 4 is 44.2 Å². The molecule has 0 fully saturated rings. The van der Waals surface area contributed by atoms with Crippen LogP contribution in [0.5, 0.6) is 5.75 Å². The molecular formula is C18H13BrClNO2. The molecule has 2 N–H and O–H groups in total. The number of benzene rings is 2. The van der Waals surface area contributed by atoms with Gasteiger partial charge in [0, 0.05) is 32.6 Å². The van der Waals surface area contributed by atoms with Gasteiger partial charge in [-0.15, -0.1) is 0 Å². The van der Waals surface area contributed by atoms with Crippen LogP contribution in [0.3, 0.4) is 0 Å². The molecule has 23 heavy (non-hydrogen) atoms. The normalized spacial score (nSPS) is 15.6. The lowest BCUT2D eigenvalue weighted by Gasteiger charge is -2.32. The summed E-state index contributed by atoms with van der Waals surface area (Å²) < 4.78 is 0.520. The fraction of sp³-hybridized carbons (Fsp3) is 0.167. The summed E-state index contributed by atoms with van der Waals surface area (Å²) in [6, 6.07) is 8.86. The molecule has 0 atom stereocenters. The number of halogens is 2. The summed E-state index contributed by atoms with van der Waals surface area (Å²) in [6.45, 7) is 4.09. The number of hydrogen-bond donors (Lipinski definition) is 2. The van der Waals surface area contributed by atoms with Gasteiger partial charge in [0.2, 0.25) is 0 Å². The molecule has 3 nitrogen and oxygen atoms in total. The summed E-state index contributed by atoms with van der Waals surface area (Å²) >= 11 is 9.38. The third-order valence-electron chi connectivity index (χ3n) is 4.62. The number of rotatable bonds is 0. The van der Waals surface area contributed by atoms with Crippen molar-refractivity contribution in [3.05, 3.63) is 62.2 Å². The summed E-state index contributed by atoms with van der Waals surface area (Å²) in [5, 5.41) is 11.5. The lowest BCUT2D eigenvalue weighted by Crippen LogP contribution is -2.30. The molecule has 2 aromatic carbocycles. The van der Waals surface area contributed by atoms with Gasteiger partial charge >= 0.3 is 0 Å². The van der Waals surface area contributed by atoms with Crippen molar-refractivity contribution in [1.82, 2.24) is 4.98 Å². The molecule has 0 amide bonds. The minimum Gasteiger partial charge on any atom is -0.507 e. The van der Waals surface area contributed by atoms with Crippen LogP contribution in [0.15, 0.2) is 34.8 Å². The maximum atomic E-state index is 13.1. The fourth-order valence-corrected chi connectivity index (χ4v) is 3.93. The highest BCUT2D eigenvalue weighted by molar-refractivity contribution is 9.10. The monoisotopic (exact) mass is 389 g/mol. The molecule has 5 heteroatoms. The highest BCUT2D eigenvalue weighted by Gasteiger charge is 2.40. The SMILES string of the molecule is CC1(C)c2cc(O)c(Br)cc2C(=O)c2c1[nH]c1cc(Cl)ccc21. The van der Waals surface area contributed by atoms with Crippen LogP contribution in [0.2, 0.25) is 5.02 Å². The Hall–Kier alpha value is -1.78. The second-order valence-corrected chi connectivity index (χ2v) is 7.66. The van der Waals surface area contributed by atoms with Gasteiger partial charge in [0.25, 0.3) is 0 Å². The largest absolute Gasteiger partial charge is 0.507 e. The maximum Gasteiger partial charge on any atom is 0.195 e. The number of carbonyl (C=O) groups is 1. The zero-order valence-electron chi connectivity index (χ0n) is 12.5. The molecular weight excluding hydrogens is 378 g/mol. The number of aromatic amines is 1. The second-order valence-electron chi connectivity index (χ2n) is 6.37. The zero-order chi connectivity index (χ0) is 16.5. The van der Waals surface area contributed by atoms with Crippen LogP contribution in [0.1, 0.15) is 41.0 Å². The molecule has 0 aliphatic heterocycles. The minimum absolute atomic E-state index is 0.0383. The van der Waals surface area contributed by atoms with E-state index in [9.17, 15) is 9.90 Å². The average molecular weight is 391 g/mol. The topological polar surface area (TPSA) is 53.1 Å². The third-order valence-corrected chi connectivity index (χ3v) is 5.49. The van der Waals surface area contributed by atoms with Crippen LogP contribution in [0, 0.1) is 0 Å². The van der Waals surface area contributed by atoms with Gasteiger partial charge in [-0.2, -0.15) is 0 Å². The molecule has 3 aromatic rings. The number of nitrogens with one attached hydrogen (secondary N) is 1. The lowest BCUT2D eigenvalue weighted by atomic mass is 9.71. The maximum absolute atomic E-state index is 13.1. The van der Waals surface area contributed by atoms with Crippen LogP contribution in [-0.2, 0) is 5.41 Å². The summed E-state index contributed by atoms with van der Waals surface area (Å²) in [5.41, 5.74) is 3.39. The molecule has 0 unspecified atom stereocenters. The minimum atomic E-state index is -0.428. The molecule has 4 rings (SSSR count). The number of aromatic hydroxyl groups is 1. The summed E-state index contributed by atoms with van der Waals surface area (Å²) in [4.78, 5) is 16.4. The van der Waals surface area contributed by atoms with Gasteiger partial charge in [0.15, 0.2) is 5.78 Å². The van der Waals surface area contributed by atoms with Crippen molar-refractivity contribution in [2.45, 2.75) is 19.3 Å². The summed E-state index contributed by atoms with van der Waals surface area (Å²) in [5.74, 6) is 0.0934. The van der Waals surface area contributed by atoms with E-state index in [0.29, 0.717) is 20.6 Å². The highest BCUT2D eigenvalue weighted by Crippen LogP contribution is 2.46. The van der Waals surface area contributed by atoms with Gasteiger partial charge in [-0.3, -0.25) is 4.79 Å². The predicted octanol–water partition coefficient (Wildman–Crippen LogP) is 5.16. The predicted molar refractivity (Wildman–Crippen MR) is 94.7 cm³/mol. The highest BCUT2D eigenvalue weighted by atomic mass is 79.9. The van der Waals surface area contributed by atoms with Crippen molar-refractivity contribution in [2.75, 3.05) is 0 Å². The van der Waals surface area contributed by atoms with Crippen molar-refractivity contribution in [3.8, 4) is 5.75 Å². The Labute approximate surface area is 146 Å². The molecule has 1 aliphatic carbocycles. The van der Waals surface area contributed by atoms with E-state index in [4.69, 9.17) is 11.6 Å². The quantitative estimate of drug-likeness (QED) is 0.557. The van der Waals surface area contributed by atoms with Crippen molar-refractivity contribution < 1.29 is 9.90 Å². The van der Waals surface area contributed by atoms with E-state index in [1.54, 1.807) is 18.2 Å². The van der Waals surface area contributed by atoms with E-state index >= 15 is 0 Å². The van der Waals surface area contributed by atoms with Gasteiger partial charge in [0.1, 0.15) is 5.75 Å². The van der Waals surface area contributed by atoms with E-state index < -0.39 is 5.41 Å². The molecule has 0 radical (unpaired) electrons. The van der Waals surface area contributed by atoms with Crippen LogP contribution >= 0.6 is 27.5 Å². The molecule has 0 spiro atoms. The standard InChI is InChI=1S/C18H13BrClNO2/c1-18(2)11-7-14(22)12(19)6-10(11)16(23)15-9-4-3-8(20)5-13(9)21-17(15)18/h3-7,21-22H,1-2H3. The molecule has 1 aromatic heterocycles. The first kappa shape index (κ1) is 14.8. The molecule has 0 saturated heterocycles. The number of phenols is 1. The number of fused-ring (bicyclic) bond motifs is 4. The first-order chi connectivity index (χ1) is 10.8. The number of ketones is 1. The van der Waals surface area contributed by atoms with Gasteiger partial charge in [0.05, 0.1) is 10.0 Å². The number of hydrogen-bond acceptors (Lipinski definition) is 2. The fourth-order valence-electron chi connectivity index (χ4n) is 3.41. The Bertz CT molecular complexity index is 1000. The smallest absolute Gasteiger partial charge is 0.195 e. The molecule has 1 heterocycles. The number of carbonyl (C=O) groups excluding carboxylic acids is 1. The summed E-state index contributed by atoms with van der Waals surface area (Å²) in [6.07, 6.45) is 0. The van der Waals surface area contributed by atoms with Crippen LogP contribution in [0.25, 0.3) is 10.9 Å². The molecule has 0 bridgehead atoms. The van der Waals surface area contributed by atoms with Crippen molar-refractivity contribution in [1.29, 1.82) is 0 Å². The van der Waals surface area contributed by atoms with Gasteiger partial charge < -0.3 is 10.1 Å². The molecule has 1 aliphatic rings. The lowest BCUT2D eigenvalue weighted by molar-refractivity contribution is 0.103. The van der Waals surface area contributed by atoms with E-state index in [1.807, 2.05) is 26.0 Å². The second kappa shape index (κ2) is 4.62. The van der Waals surface area contributed by atoms with Gasteiger partial charge in [-0.1, -0.05) is 31.5 Å². The van der Waals surface area contributed by atoms with Crippen LogP contribution < -0.4 is 0 Å². The van der Waals surface area contributed by atoms with Crippen molar-refractivity contribution in [2.24, 2.45) is 0 Å². The number of aromatic nitrogens is 1. The average Bonchev–Trinajstić information content (AvgIpc) is 2.87. The Morgan fingerprint density at radius 1 is 1.22 bits per heavy atom.